The van der Waals surface area contributed by atoms with Gasteiger partial charge in [0.2, 0.25) is 0 Å². The summed E-state index contributed by atoms with van der Waals surface area (Å²) >= 11 is 0. The molecule has 0 atom stereocenters. The van der Waals surface area contributed by atoms with E-state index in [0.717, 1.165) is 0 Å². The minimum Gasteiger partial charge on any atom is -0.444 e. The molecule has 1 saturated heterocycles. The fraction of sp³-hybridized carbons (Fsp3) is 0.429. The van der Waals surface area contributed by atoms with Gasteiger partial charge in [-0.2, -0.15) is 5.10 Å². The van der Waals surface area contributed by atoms with E-state index in [-0.39, 0.29) is 23.3 Å². The summed E-state index contributed by atoms with van der Waals surface area (Å²) in [6, 6.07) is 4.34. The molecule has 0 bridgehead atoms. The second kappa shape index (κ2) is 8.04. The van der Waals surface area contributed by atoms with Crippen molar-refractivity contribution < 1.29 is 27.4 Å². The van der Waals surface area contributed by atoms with Crippen molar-refractivity contribution in [3.05, 3.63) is 42.7 Å². The highest BCUT2D eigenvalue weighted by Gasteiger charge is 2.34. The van der Waals surface area contributed by atoms with Crippen LogP contribution in [0, 0.1) is 5.92 Å². The topological polar surface area (TPSA) is 56.6 Å². The van der Waals surface area contributed by atoms with E-state index in [0.29, 0.717) is 30.8 Å². The molecule has 3 rings (SSSR count). The van der Waals surface area contributed by atoms with E-state index in [1.807, 2.05) is 20.8 Å². The monoisotopic (exact) mass is 423 g/mol. The van der Waals surface area contributed by atoms with Crippen LogP contribution in [0.1, 0.15) is 26.3 Å². The largest absolute Gasteiger partial charge is 0.573 e. The average Bonchev–Trinajstić information content (AvgIpc) is 3.03. The first-order valence-corrected chi connectivity index (χ1v) is 9.46. The number of benzene rings is 1. The second-order valence-electron chi connectivity index (χ2n) is 8.21. The molecule has 1 fully saturated rings. The maximum absolute atomic E-state index is 12.7. The summed E-state index contributed by atoms with van der Waals surface area (Å²) in [6.07, 6.45) is -0.435. The summed E-state index contributed by atoms with van der Waals surface area (Å²) in [4.78, 5) is 13.6. The molecule has 0 N–H and O–H groups in total. The van der Waals surface area contributed by atoms with Gasteiger partial charge in [-0.3, -0.25) is 4.68 Å². The second-order valence-corrected chi connectivity index (χ2v) is 8.21. The number of likely N-dealkylation sites (tertiary alicyclic amines) is 1. The zero-order valence-corrected chi connectivity index (χ0v) is 17.1. The Morgan fingerprint density at radius 2 is 2.00 bits per heavy atom. The number of halogens is 3. The summed E-state index contributed by atoms with van der Waals surface area (Å²) in [7, 11) is 0. The minimum absolute atomic E-state index is 0.190. The Hall–Kier alpha value is -2.97. The molecule has 1 aromatic carbocycles. The number of carbonyl (C=O) groups is 1. The number of ether oxygens (including phenoxy) is 2. The lowest BCUT2D eigenvalue weighted by Crippen LogP contribution is -2.52. The molecule has 1 aromatic heterocycles. The van der Waals surface area contributed by atoms with E-state index in [9.17, 15) is 18.0 Å². The zero-order chi connectivity index (χ0) is 22.1. The number of hydrogen-bond acceptors (Lipinski definition) is 4. The van der Waals surface area contributed by atoms with Crippen molar-refractivity contribution in [2.24, 2.45) is 5.92 Å². The first-order chi connectivity index (χ1) is 13.9. The average molecular weight is 423 g/mol. The lowest BCUT2D eigenvalue weighted by molar-refractivity contribution is -0.274. The van der Waals surface area contributed by atoms with Gasteiger partial charge in [-0.15, -0.1) is 13.2 Å². The van der Waals surface area contributed by atoms with Crippen molar-refractivity contribution >= 4 is 12.2 Å². The van der Waals surface area contributed by atoms with E-state index >= 15 is 0 Å². The first kappa shape index (κ1) is 21.7. The number of amides is 1. The molecule has 6 nitrogen and oxygen atoms in total. The van der Waals surface area contributed by atoms with Gasteiger partial charge in [-0.05, 0) is 38.5 Å². The molecule has 1 aliphatic rings. The summed E-state index contributed by atoms with van der Waals surface area (Å²) < 4.78 is 49.4. The molecule has 0 aliphatic carbocycles. The van der Waals surface area contributed by atoms with Crippen molar-refractivity contribution in [1.29, 1.82) is 0 Å². The smallest absolute Gasteiger partial charge is 0.444 e. The highest BCUT2D eigenvalue weighted by atomic mass is 19.4. The molecule has 0 saturated carbocycles. The van der Waals surface area contributed by atoms with Gasteiger partial charge in [0.25, 0.3) is 0 Å². The zero-order valence-electron chi connectivity index (χ0n) is 17.1. The Labute approximate surface area is 172 Å². The quantitative estimate of drug-likeness (QED) is 0.682. The van der Waals surface area contributed by atoms with Crippen LogP contribution < -0.4 is 4.74 Å². The van der Waals surface area contributed by atoms with Crippen LogP contribution in [-0.2, 0) is 11.3 Å². The maximum atomic E-state index is 12.7. The Kier molecular flexibility index (Phi) is 5.83. The van der Waals surface area contributed by atoms with Crippen molar-refractivity contribution in [2.45, 2.75) is 39.3 Å². The standard InChI is InChI=1S/C21H24F3N3O3/c1-5-14-6-7-18(29-21(22,23)24)17(8-14)16-9-25-27(13-16)12-15-10-26(11-15)19(28)30-20(2,3)4/h5-9,13,15H,1,10-12H2,2-4H3. The molecule has 1 aliphatic heterocycles. The fourth-order valence-electron chi connectivity index (χ4n) is 3.14. The van der Waals surface area contributed by atoms with Crippen molar-refractivity contribution in [2.75, 3.05) is 13.1 Å². The third-order valence-corrected chi connectivity index (χ3v) is 4.46. The van der Waals surface area contributed by atoms with Crippen molar-refractivity contribution in [1.82, 2.24) is 14.7 Å². The number of aromatic nitrogens is 2. The molecule has 2 aromatic rings. The molecule has 1 amide bonds. The van der Waals surface area contributed by atoms with Crippen LogP contribution in [0.5, 0.6) is 5.75 Å². The van der Waals surface area contributed by atoms with Gasteiger partial charge in [-0.1, -0.05) is 18.7 Å². The highest BCUT2D eigenvalue weighted by molar-refractivity contribution is 5.72. The normalized spacial score (nSPS) is 14.9. The molecule has 0 radical (unpaired) electrons. The van der Waals surface area contributed by atoms with E-state index in [4.69, 9.17) is 4.74 Å². The predicted octanol–water partition coefficient (Wildman–Crippen LogP) is 4.96. The third-order valence-electron chi connectivity index (χ3n) is 4.46. The van der Waals surface area contributed by atoms with Gasteiger partial charge >= 0.3 is 12.5 Å². The lowest BCUT2D eigenvalue weighted by atomic mass is 10.0. The molecule has 2 heterocycles. The van der Waals surface area contributed by atoms with E-state index in [2.05, 4.69) is 16.4 Å². The highest BCUT2D eigenvalue weighted by Crippen LogP contribution is 2.35. The van der Waals surface area contributed by atoms with Gasteiger partial charge in [0, 0.05) is 42.9 Å². The predicted molar refractivity (Wildman–Crippen MR) is 106 cm³/mol. The third kappa shape index (κ3) is 5.55. The molecular formula is C21H24F3N3O3. The van der Waals surface area contributed by atoms with Crippen LogP contribution in [0.15, 0.2) is 37.2 Å². The van der Waals surface area contributed by atoms with Gasteiger partial charge in [-0.25, -0.2) is 4.79 Å². The van der Waals surface area contributed by atoms with Crippen LogP contribution >= 0.6 is 0 Å². The Morgan fingerprint density at radius 3 is 2.60 bits per heavy atom. The Balaban J connectivity index is 1.67. The summed E-state index contributed by atoms with van der Waals surface area (Å²) in [5.74, 6) is -0.108. The van der Waals surface area contributed by atoms with E-state index < -0.39 is 12.0 Å². The Morgan fingerprint density at radius 1 is 1.30 bits per heavy atom. The molecular weight excluding hydrogens is 399 g/mol. The van der Waals surface area contributed by atoms with Crippen LogP contribution in [0.25, 0.3) is 17.2 Å². The Bertz CT molecular complexity index is 926. The molecule has 162 valence electrons. The lowest BCUT2D eigenvalue weighted by Gasteiger charge is -2.39. The number of carbonyl (C=O) groups excluding carboxylic acids is 1. The summed E-state index contributed by atoms with van der Waals surface area (Å²) in [5.41, 5.74) is 0.899. The minimum atomic E-state index is -4.79. The van der Waals surface area contributed by atoms with Crippen LogP contribution in [0.3, 0.4) is 0 Å². The molecule has 0 spiro atoms. The van der Waals surface area contributed by atoms with Gasteiger partial charge in [0.05, 0.1) is 6.20 Å². The van der Waals surface area contributed by atoms with Crippen molar-refractivity contribution in [3.8, 4) is 16.9 Å². The number of alkyl halides is 3. The van der Waals surface area contributed by atoms with E-state index in [1.54, 1.807) is 27.9 Å². The fourth-order valence-corrected chi connectivity index (χ4v) is 3.14. The van der Waals surface area contributed by atoms with Crippen LogP contribution in [0.4, 0.5) is 18.0 Å². The SMILES string of the molecule is C=Cc1ccc(OC(F)(F)F)c(-c2cnn(CC3CN(C(=O)OC(C)(C)C)C3)c2)c1. The maximum Gasteiger partial charge on any atom is 0.573 e. The van der Waals surface area contributed by atoms with E-state index in [1.165, 1.54) is 18.3 Å². The molecule has 0 unspecified atom stereocenters. The van der Waals surface area contributed by atoms with Crippen LogP contribution in [0.2, 0.25) is 0 Å². The van der Waals surface area contributed by atoms with Gasteiger partial charge < -0.3 is 14.4 Å². The molecule has 9 heteroatoms. The van der Waals surface area contributed by atoms with Crippen molar-refractivity contribution in [3.63, 3.8) is 0 Å². The first-order valence-electron chi connectivity index (χ1n) is 9.46. The number of rotatable bonds is 5. The number of hydrogen-bond donors (Lipinski definition) is 0. The van der Waals surface area contributed by atoms with Gasteiger partial charge in [0.1, 0.15) is 11.4 Å². The van der Waals surface area contributed by atoms with Crippen LogP contribution in [-0.4, -0.2) is 45.8 Å². The molecule has 30 heavy (non-hydrogen) atoms. The van der Waals surface area contributed by atoms with Gasteiger partial charge in [0.15, 0.2) is 0 Å². The summed E-state index contributed by atoms with van der Waals surface area (Å²) in [5, 5.41) is 4.26. The number of nitrogens with zero attached hydrogens (tertiary/aromatic N) is 3. The summed E-state index contributed by atoms with van der Waals surface area (Å²) in [6.45, 7) is 10.7.